The molecular weight excluding hydrogens is 220 g/mol. The molecule has 0 aromatic heterocycles. The lowest BCUT2D eigenvalue weighted by molar-refractivity contribution is -0.139. The van der Waals surface area contributed by atoms with E-state index in [0.29, 0.717) is 25.2 Å². The van der Waals surface area contributed by atoms with Crippen molar-refractivity contribution in [2.45, 2.75) is 57.6 Å². The lowest BCUT2D eigenvalue weighted by Crippen LogP contribution is -2.54. The highest BCUT2D eigenvalue weighted by Gasteiger charge is 2.40. The van der Waals surface area contributed by atoms with E-state index >= 15 is 0 Å². The lowest BCUT2D eigenvalue weighted by Gasteiger charge is -2.34. The molecule has 1 aliphatic rings. The van der Waals surface area contributed by atoms with Gasteiger partial charge in [-0.05, 0) is 25.2 Å². The van der Waals surface area contributed by atoms with Gasteiger partial charge in [0.2, 0.25) is 0 Å². The maximum atomic E-state index is 11.3. The van der Waals surface area contributed by atoms with E-state index in [2.05, 4.69) is 5.32 Å². The molecule has 5 heteroatoms. The van der Waals surface area contributed by atoms with Crippen LogP contribution in [0.4, 0.5) is 0 Å². The predicted octanol–water partition coefficient (Wildman–Crippen LogP) is 0.308. The quantitative estimate of drug-likeness (QED) is 0.619. The Bertz CT molecular complexity index is 296. The van der Waals surface area contributed by atoms with Gasteiger partial charge in [-0.25, -0.2) is 0 Å². The molecule has 0 bridgehead atoms. The molecule has 4 N–H and O–H groups in total. The lowest BCUT2D eigenvalue weighted by atomic mass is 9.86. The summed E-state index contributed by atoms with van der Waals surface area (Å²) >= 11 is 0. The third-order valence-electron chi connectivity index (χ3n) is 3.35. The minimum Gasteiger partial charge on any atom is -0.388 e. The molecule has 1 fully saturated rings. The van der Waals surface area contributed by atoms with Crippen molar-refractivity contribution >= 4 is 11.8 Å². The van der Waals surface area contributed by atoms with Crippen molar-refractivity contribution in [2.75, 3.05) is 0 Å². The Morgan fingerprint density at radius 1 is 1.35 bits per heavy atom. The van der Waals surface area contributed by atoms with Crippen molar-refractivity contribution in [3.8, 4) is 0 Å². The summed E-state index contributed by atoms with van der Waals surface area (Å²) in [5.41, 5.74) is 4.04. The Morgan fingerprint density at radius 3 is 2.29 bits per heavy atom. The van der Waals surface area contributed by atoms with Crippen LogP contribution in [0, 0.1) is 5.92 Å². The Labute approximate surface area is 102 Å². The summed E-state index contributed by atoms with van der Waals surface area (Å²) in [6, 6.07) is -0.384. The maximum absolute atomic E-state index is 11.3. The molecule has 1 rings (SSSR count). The van der Waals surface area contributed by atoms with E-state index in [9.17, 15) is 14.7 Å². The molecule has 1 aliphatic carbocycles. The molecule has 1 atom stereocenters. The van der Waals surface area contributed by atoms with E-state index in [1.807, 2.05) is 13.8 Å². The van der Waals surface area contributed by atoms with Gasteiger partial charge in [0.15, 0.2) is 0 Å². The van der Waals surface area contributed by atoms with Crippen molar-refractivity contribution < 1.29 is 14.7 Å². The average molecular weight is 242 g/mol. The summed E-state index contributed by atoms with van der Waals surface area (Å²) in [4.78, 5) is 22.1. The number of carbonyl (C=O) groups excluding carboxylic acids is 2. The van der Waals surface area contributed by atoms with Gasteiger partial charge in [-0.15, -0.1) is 0 Å². The fourth-order valence-electron chi connectivity index (χ4n) is 2.45. The number of hydrogen-bond acceptors (Lipinski definition) is 3. The van der Waals surface area contributed by atoms with E-state index in [1.54, 1.807) is 0 Å². The van der Waals surface area contributed by atoms with E-state index in [4.69, 9.17) is 5.73 Å². The first-order chi connectivity index (χ1) is 7.85. The highest BCUT2D eigenvalue weighted by Crippen LogP contribution is 2.34. The van der Waals surface area contributed by atoms with Gasteiger partial charge in [0.05, 0.1) is 11.6 Å². The van der Waals surface area contributed by atoms with Gasteiger partial charge < -0.3 is 16.2 Å². The summed E-state index contributed by atoms with van der Waals surface area (Å²) < 4.78 is 0. The zero-order chi connectivity index (χ0) is 13.1. The first kappa shape index (κ1) is 14.0. The number of rotatable bonds is 4. The Morgan fingerprint density at radius 2 is 1.88 bits per heavy atom. The SMILES string of the molecule is CC(C)C[C@@H](NC(=O)C(N)=O)C1(O)CCCC1. The van der Waals surface area contributed by atoms with Crippen LogP contribution in [0.5, 0.6) is 0 Å². The van der Waals surface area contributed by atoms with Crippen LogP contribution in [0.1, 0.15) is 46.0 Å². The number of amides is 2. The first-order valence-corrected chi connectivity index (χ1v) is 6.18. The Kier molecular flexibility index (Phi) is 4.51. The molecule has 0 aromatic rings. The number of carbonyl (C=O) groups is 2. The standard InChI is InChI=1S/C12H22N2O3/c1-8(2)7-9(14-11(16)10(13)15)12(17)5-3-4-6-12/h8-9,17H,3-7H2,1-2H3,(H2,13,15)(H,14,16)/t9-/m1/s1. The molecule has 0 spiro atoms. The van der Waals surface area contributed by atoms with Gasteiger partial charge in [0, 0.05) is 0 Å². The molecule has 0 aliphatic heterocycles. The van der Waals surface area contributed by atoms with E-state index < -0.39 is 17.4 Å². The van der Waals surface area contributed by atoms with E-state index in [0.717, 1.165) is 12.8 Å². The number of nitrogens with one attached hydrogen (secondary N) is 1. The third-order valence-corrected chi connectivity index (χ3v) is 3.35. The number of nitrogens with two attached hydrogens (primary N) is 1. The summed E-state index contributed by atoms with van der Waals surface area (Å²) in [6.07, 6.45) is 3.90. The van der Waals surface area contributed by atoms with Crippen molar-refractivity contribution in [1.82, 2.24) is 5.32 Å². The topological polar surface area (TPSA) is 92.4 Å². The molecular formula is C12H22N2O3. The molecule has 0 radical (unpaired) electrons. The first-order valence-electron chi connectivity index (χ1n) is 6.18. The second kappa shape index (κ2) is 5.49. The highest BCUT2D eigenvalue weighted by molar-refractivity contribution is 6.34. The molecule has 1 saturated carbocycles. The minimum atomic E-state index is -1.000. The Balaban J connectivity index is 2.72. The highest BCUT2D eigenvalue weighted by atomic mass is 16.3. The molecule has 2 amide bonds. The second-order valence-corrected chi connectivity index (χ2v) is 5.33. The van der Waals surface area contributed by atoms with Crippen molar-refractivity contribution in [2.24, 2.45) is 11.7 Å². The van der Waals surface area contributed by atoms with Gasteiger partial charge in [0.1, 0.15) is 0 Å². The van der Waals surface area contributed by atoms with E-state index in [1.165, 1.54) is 0 Å². The van der Waals surface area contributed by atoms with Crippen LogP contribution in [-0.2, 0) is 9.59 Å². The van der Waals surface area contributed by atoms with Gasteiger partial charge in [-0.3, -0.25) is 9.59 Å². The predicted molar refractivity (Wildman–Crippen MR) is 64.0 cm³/mol. The van der Waals surface area contributed by atoms with Crippen LogP contribution in [0.25, 0.3) is 0 Å². The minimum absolute atomic E-state index is 0.331. The van der Waals surface area contributed by atoms with Crippen LogP contribution in [-0.4, -0.2) is 28.6 Å². The van der Waals surface area contributed by atoms with Gasteiger partial charge in [-0.1, -0.05) is 26.7 Å². The molecule has 0 aromatic carbocycles. The Hall–Kier alpha value is -1.10. The zero-order valence-corrected chi connectivity index (χ0v) is 10.5. The van der Waals surface area contributed by atoms with Gasteiger partial charge in [-0.2, -0.15) is 0 Å². The van der Waals surface area contributed by atoms with Gasteiger partial charge >= 0.3 is 11.8 Å². The van der Waals surface area contributed by atoms with Crippen molar-refractivity contribution in [3.05, 3.63) is 0 Å². The zero-order valence-electron chi connectivity index (χ0n) is 10.5. The summed E-state index contributed by atoms with van der Waals surface area (Å²) in [5, 5.41) is 13.0. The molecule has 17 heavy (non-hydrogen) atoms. The maximum Gasteiger partial charge on any atom is 0.309 e. The van der Waals surface area contributed by atoms with Crippen molar-refractivity contribution in [1.29, 1.82) is 0 Å². The average Bonchev–Trinajstić information content (AvgIpc) is 2.64. The number of primary amides is 1. The van der Waals surface area contributed by atoms with Crippen LogP contribution in [0.3, 0.4) is 0 Å². The molecule has 0 heterocycles. The molecule has 98 valence electrons. The smallest absolute Gasteiger partial charge is 0.309 e. The second-order valence-electron chi connectivity index (χ2n) is 5.33. The third kappa shape index (κ3) is 3.70. The molecule has 5 nitrogen and oxygen atoms in total. The summed E-state index contributed by atoms with van der Waals surface area (Å²) in [6.45, 7) is 4.03. The van der Waals surface area contributed by atoms with Crippen LogP contribution < -0.4 is 11.1 Å². The monoisotopic (exact) mass is 242 g/mol. The fourth-order valence-corrected chi connectivity index (χ4v) is 2.45. The number of hydrogen-bond donors (Lipinski definition) is 3. The van der Waals surface area contributed by atoms with Crippen LogP contribution in [0.2, 0.25) is 0 Å². The van der Waals surface area contributed by atoms with E-state index in [-0.39, 0.29) is 6.04 Å². The molecule has 0 unspecified atom stereocenters. The normalized spacial score (nSPS) is 20.2. The van der Waals surface area contributed by atoms with Crippen LogP contribution in [0.15, 0.2) is 0 Å². The summed E-state index contributed by atoms with van der Waals surface area (Å²) in [5.74, 6) is -1.48. The molecule has 0 saturated heterocycles. The van der Waals surface area contributed by atoms with Gasteiger partial charge in [0.25, 0.3) is 0 Å². The van der Waals surface area contributed by atoms with Crippen molar-refractivity contribution in [3.63, 3.8) is 0 Å². The fraction of sp³-hybridized carbons (Fsp3) is 0.833. The van der Waals surface area contributed by atoms with Crippen LogP contribution >= 0.6 is 0 Å². The number of aliphatic hydroxyl groups is 1. The summed E-state index contributed by atoms with van der Waals surface area (Å²) in [7, 11) is 0. The largest absolute Gasteiger partial charge is 0.388 e.